The van der Waals surface area contributed by atoms with Gasteiger partial charge in [0.05, 0.1) is 0 Å². The van der Waals surface area contributed by atoms with E-state index in [9.17, 15) is 4.39 Å². The van der Waals surface area contributed by atoms with Crippen LogP contribution in [0.15, 0.2) is 84.9 Å². The fraction of sp³-hybridized carbons (Fsp3) is 0.0476. The molecule has 1 nitrogen and oxygen atoms in total. The summed E-state index contributed by atoms with van der Waals surface area (Å²) < 4.78 is 19.8. The van der Waals surface area contributed by atoms with E-state index >= 15 is 0 Å². The van der Waals surface area contributed by atoms with E-state index in [1.165, 1.54) is 12.1 Å². The van der Waals surface area contributed by atoms with Gasteiger partial charge in [-0.3, -0.25) is 0 Å². The molecule has 0 saturated carbocycles. The minimum Gasteiger partial charge on any atom is -0.473 e. The maximum absolute atomic E-state index is 13.4. The molecule has 1 aliphatic rings. The third-order valence-electron chi connectivity index (χ3n) is 4.15. The standard InChI is InChI=1S/C21H15FO/c22-19-11-12-20-16(15-19)13-14-21(23-20,17-7-3-1-4-8-17)18-9-5-2-6-10-18/h1-15H. The van der Waals surface area contributed by atoms with E-state index in [0.29, 0.717) is 5.75 Å². The van der Waals surface area contributed by atoms with Gasteiger partial charge in [-0.15, -0.1) is 0 Å². The van der Waals surface area contributed by atoms with E-state index in [-0.39, 0.29) is 5.82 Å². The highest BCUT2D eigenvalue weighted by Crippen LogP contribution is 2.41. The number of rotatable bonds is 2. The lowest BCUT2D eigenvalue weighted by molar-refractivity contribution is 0.161. The molecule has 0 spiro atoms. The highest BCUT2D eigenvalue weighted by Gasteiger charge is 2.36. The van der Waals surface area contributed by atoms with Crippen molar-refractivity contribution in [3.8, 4) is 5.75 Å². The Balaban J connectivity index is 1.92. The second kappa shape index (κ2) is 5.40. The molecule has 0 bridgehead atoms. The fourth-order valence-electron chi connectivity index (χ4n) is 3.01. The van der Waals surface area contributed by atoms with Crippen molar-refractivity contribution in [1.82, 2.24) is 0 Å². The van der Waals surface area contributed by atoms with Gasteiger partial charge in [0.25, 0.3) is 0 Å². The Labute approximate surface area is 134 Å². The van der Waals surface area contributed by atoms with Crippen molar-refractivity contribution in [2.45, 2.75) is 5.60 Å². The average molecular weight is 302 g/mol. The smallest absolute Gasteiger partial charge is 0.178 e. The quantitative estimate of drug-likeness (QED) is 0.634. The minimum atomic E-state index is -0.701. The van der Waals surface area contributed by atoms with Gasteiger partial charge in [0.2, 0.25) is 0 Å². The normalized spacial score (nSPS) is 14.8. The zero-order chi connectivity index (χ0) is 15.7. The summed E-state index contributed by atoms with van der Waals surface area (Å²) in [5, 5.41) is 0. The zero-order valence-corrected chi connectivity index (χ0v) is 12.4. The van der Waals surface area contributed by atoms with Crippen molar-refractivity contribution in [2.75, 3.05) is 0 Å². The molecule has 4 rings (SSSR count). The van der Waals surface area contributed by atoms with Crippen LogP contribution in [0.4, 0.5) is 4.39 Å². The molecule has 0 aliphatic carbocycles. The average Bonchev–Trinajstić information content (AvgIpc) is 2.63. The lowest BCUT2D eigenvalue weighted by atomic mass is 9.84. The van der Waals surface area contributed by atoms with Gasteiger partial charge >= 0.3 is 0 Å². The number of fused-ring (bicyclic) bond motifs is 1. The van der Waals surface area contributed by atoms with Crippen LogP contribution in [-0.2, 0) is 5.60 Å². The Kier molecular flexibility index (Phi) is 3.23. The number of ether oxygens (including phenoxy) is 1. The first-order valence-corrected chi connectivity index (χ1v) is 7.57. The molecular formula is C21H15FO. The van der Waals surface area contributed by atoms with Crippen LogP contribution in [0.1, 0.15) is 16.7 Å². The van der Waals surface area contributed by atoms with Crippen LogP contribution in [-0.4, -0.2) is 0 Å². The summed E-state index contributed by atoms with van der Waals surface area (Å²) >= 11 is 0. The Hall–Kier alpha value is -2.87. The number of halogens is 1. The summed E-state index contributed by atoms with van der Waals surface area (Å²) in [4.78, 5) is 0. The van der Waals surface area contributed by atoms with Crippen molar-refractivity contribution in [3.63, 3.8) is 0 Å². The van der Waals surface area contributed by atoms with Crippen LogP contribution in [0, 0.1) is 5.82 Å². The summed E-state index contributed by atoms with van der Waals surface area (Å²) in [5.74, 6) is 0.422. The topological polar surface area (TPSA) is 9.23 Å². The van der Waals surface area contributed by atoms with Crippen molar-refractivity contribution < 1.29 is 9.13 Å². The highest BCUT2D eigenvalue weighted by molar-refractivity contribution is 5.64. The van der Waals surface area contributed by atoms with Gasteiger partial charge < -0.3 is 4.74 Å². The molecule has 112 valence electrons. The van der Waals surface area contributed by atoms with Crippen molar-refractivity contribution in [1.29, 1.82) is 0 Å². The monoisotopic (exact) mass is 302 g/mol. The van der Waals surface area contributed by atoms with Crippen LogP contribution in [0.3, 0.4) is 0 Å². The van der Waals surface area contributed by atoms with Crippen LogP contribution >= 0.6 is 0 Å². The Morgan fingerprint density at radius 2 is 1.35 bits per heavy atom. The molecule has 0 amide bonds. The minimum absolute atomic E-state index is 0.260. The first kappa shape index (κ1) is 13.8. The van der Waals surface area contributed by atoms with Gasteiger partial charge in [-0.25, -0.2) is 4.39 Å². The SMILES string of the molecule is Fc1ccc2c(c1)C=CC(c1ccccc1)(c1ccccc1)O2. The Bertz CT molecular complexity index is 814. The fourth-order valence-corrected chi connectivity index (χ4v) is 3.01. The number of benzene rings is 3. The summed E-state index contributed by atoms with van der Waals surface area (Å²) in [5.41, 5.74) is 2.13. The van der Waals surface area contributed by atoms with E-state index < -0.39 is 5.60 Å². The molecule has 2 heteroatoms. The predicted molar refractivity (Wildman–Crippen MR) is 89.7 cm³/mol. The summed E-state index contributed by atoms with van der Waals surface area (Å²) in [6.07, 6.45) is 3.93. The molecule has 1 aliphatic heterocycles. The molecule has 0 N–H and O–H groups in total. The van der Waals surface area contributed by atoms with Crippen LogP contribution < -0.4 is 4.74 Å². The van der Waals surface area contributed by atoms with Crippen molar-refractivity contribution >= 4 is 6.08 Å². The van der Waals surface area contributed by atoms with Crippen molar-refractivity contribution in [2.24, 2.45) is 0 Å². The summed E-state index contributed by atoms with van der Waals surface area (Å²) in [6.45, 7) is 0. The first-order chi connectivity index (χ1) is 11.3. The molecule has 1 heterocycles. The molecule has 0 saturated heterocycles. The van der Waals surface area contributed by atoms with Crippen LogP contribution in [0.2, 0.25) is 0 Å². The number of hydrogen-bond acceptors (Lipinski definition) is 1. The van der Waals surface area contributed by atoms with E-state index in [2.05, 4.69) is 0 Å². The molecule has 0 fully saturated rings. The molecule has 0 unspecified atom stereocenters. The second-order valence-electron chi connectivity index (χ2n) is 5.59. The van der Waals surface area contributed by atoms with E-state index in [0.717, 1.165) is 16.7 Å². The van der Waals surface area contributed by atoms with E-state index in [1.807, 2.05) is 72.8 Å². The largest absolute Gasteiger partial charge is 0.473 e. The van der Waals surface area contributed by atoms with E-state index in [4.69, 9.17) is 4.74 Å². The van der Waals surface area contributed by atoms with Gasteiger partial charge in [-0.2, -0.15) is 0 Å². The molecule has 0 radical (unpaired) electrons. The van der Waals surface area contributed by atoms with Crippen LogP contribution in [0.5, 0.6) is 5.75 Å². The molecule has 23 heavy (non-hydrogen) atoms. The second-order valence-corrected chi connectivity index (χ2v) is 5.59. The predicted octanol–water partition coefficient (Wildman–Crippen LogP) is 5.18. The van der Waals surface area contributed by atoms with Gasteiger partial charge in [-0.1, -0.05) is 66.7 Å². The maximum Gasteiger partial charge on any atom is 0.178 e. The maximum atomic E-state index is 13.4. The summed E-state index contributed by atoms with van der Waals surface area (Å²) in [7, 11) is 0. The third-order valence-corrected chi connectivity index (χ3v) is 4.15. The molecule has 3 aromatic carbocycles. The van der Waals surface area contributed by atoms with Crippen LogP contribution in [0.25, 0.3) is 6.08 Å². The van der Waals surface area contributed by atoms with Crippen molar-refractivity contribution in [3.05, 3.63) is 107 Å². The summed E-state index contributed by atoms with van der Waals surface area (Å²) in [6, 6.07) is 24.8. The lowest BCUT2D eigenvalue weighted by Crippen LogP contribution is -2.34. The Morgan fingerprint density at radius 1 is 0.739 bits per heavy atom. The van der Waals surface area contributed by atoms with Gasteiger partial charge in [-0.05, 0) is 24.3 Å². The molecule has 0 aromatic heterocycles. The molecule has 3 aromatic rings. The molecular weight excluding hydrogens is 287 g/mol. The highest BCUT2D eigenvalue weighted by atomic mass is 19.1. The molecule has 0 atom stereocenters. The third kappa shape index (κ3) is 2.33. The van der Waals surface area contributed by atoms with Gasteiger partial charge in [0, 0.05) is 16.7 Å². The number of hydrogen-bond donors (Lipinski definition) is 0. The van der Waals surface area contributed by atoms with Gasteiger partial charge in [0.15, 0.2) is 5.60 Å². The van der Waals surface area contributed by atoms with Gasteiger partial charge in [0.1, 0.15) is 11.6 Å². The Morgan fingerprint density at radius 3 is 1.96 bits per heavy atom. The lowest BCUT2D eigenvalue weighted by Gasteiger charge is -2.36. The van der Waals surface area contributed by atoms with E-state index in [1.54, 1.807) is 6.07 Å². The zero-order valence-electron chi connectivity index (χ0n) is 12.4. The first-order valence-electron chi connectivity index (χ1n) is 7.57.